The van der Waals surface area contributed by atoms with Crippen molar-refractivity contribution in [1.82, 2.24) is 0 Å². The number of rotatable bonds is 0. The maximum atomic E-state index is 11.9. The van der Waals surface area contributed by atoms with Crippen LogP contribution in [0.1, 0.15) is 0 Å². The Morgan fingerprint density at radius 1 is 0.800 bits per heavy atom. The van der Waals surface area contributed by atoms with Crippen molar-refractivity contribution in [2.24, 2.45) is 11.7 Å². The van der Waals surface area contributed by atoms with E-state index in [0.717, 1.165) is 24.3 Å². The van der Waals surface area contributed by atoms with Crippen LogP contribution < -0.4 is 11.7 Å². The van der Waals surface area contributed by atoms with E-state index >= 15 is 0 Å². The molecule has 0 saturated carbocycles. The molecule has 4 N–H and O–H groups in total. The van der Waals surface area contributed by atoms with Crippen molar-refractivity contribution >= 4 is 0 Å². The first-order valence-corrected chi connectivity index (χ1v) is 2.53. The van der Waals surface area contributed by atoms with Crippen molar-refractivity contribution < 1.29 is 8.78 Å². The van der Waals surface area contributed by atoms with E-state index in [-0.39, 0.29) is 0 Å². The summed E-state index contributed by atoms with van der Waals surface area (Å²) in [7, 11) is 0. The Balaban J connectivity index is 0.000000371. The first kappa shape index (κ1) is 9.00. The molecule has 0 saturated heterocycles. The van der Waals surface area contributed by atoms with E-state index in [1.807, 2.05) is 0 Å². The van der Waals surface area contributed by atoms with E-state index in [0.29, 0.717) is 0 Å². The first-order chi connectivity index (χ1) is 4.79. The van der Waals surface area contributed by atoms with Gasteiger partial charge in [0.15, 0.2) is 0 Å². The quantitative estimate of drug-likeness (QED) is 0.420. The molecule has 1 rings (SSSR count). The van der Waals surface area contributed by atoms with Gasteiger partial charge in [-0.15, -0.1) is 0 Å². The minimum Gasteiger partial charge on any atom is -0.274 e. The molecule has 0 heterocycles. The van der Waals surface area contributed by atoms with Gasteiger partial charge in [0, 0.05) is 0 Å². The van der Waals surface area contributed by atoms with Crippen molar-refractivity contribution in [1.29, 1.82) is 0 Å². The summed E-state index contributed by atoms with van der Waals surface area (Å²) >= 11 is 0. The lowest BCUT2D eigenvalue weighted by Crippen LogP contribution is -2.02. The van der Waals surface area contributed by atoms with Gasteiger partial charge in [-0.1, -0.05) is 0 Å². The molecular formula is C6H8F2N2. The van der Waals surface area contributed by atoms with Crippen LogP contribution in [0.2, 0.25) is 0 Å². The fourth-order valence-electron chi connectivity index (χ4n) is 0.430. The second kappa shape index (κ2) is 4.84. The van der Waals surface area contributed by atoms with Crippen LogP contribution >= 0.6 is 0 Å². The zero-order chi connectivity index (χ0) is 7.98. The Bertz CT molecular complexity index is 153. The Morgan fingerprint density at radius 2 is 1.00 bits per heavy atom. The maximum Gasteiger partial charge on any atom is 0.123 e. The average Bonchev–Trinajstić information content (AvgIpc) is 2.00. The number of hydrazine groups is 1. The van der Waals surface area contributed by atoms with Gasteiger partial charge in [-0.3, -0.25) is 11.7 Å². The summed E-state index contributed by atoms with van der Waals surface area (Å²) < 4.78 is 23.8. The number of hydrogen-bond donors (Lipinski definition) is 2. The minimum absolute atomic E-state index is 0.411. The van der Waals surface area contributed by atoms with Crippen LogP contribution in [0.25, 0.3) is 0 Å². The van der Waals surface area contributed by atoms with Crippen LogP contribution in [0, 0.1) is 11.6 Å². The molecule has 0 aliphatic carbocycles. The lowest BCUT2D eigenvalue weighted by atomic mass is 10.3. The van der Waals surface area contributed by atoms with Gasteiger partial charge in [0.2, 0.25) is 0 Å². The Kier molecular flexibility index (Phi) is 4.36. The van der Waals surface area contributed by atoms with E-state index in [9.17, 15) is 8.78 Å². The third kappa shape index (κ3) is 3.11. The second-order valence-electron chi connectivity index (χ2n) is 1.44. The van der Waals surface area contributed by atoms with Gasteiger partial charge < -0.3 is 0 Å². The van der Waals surface area contributed by atoms with Gasteiger partial charge in [0.25, 0.3) is 0 Å². The molecule has 10 heavy (non-hydrogen) atoms. The van der Waals surface area contributed by atoms with Crippen molar-refractivity contribution in [3.05, 3.63) is 35.9 Å². The summed E-state index contributed by atoms with van der Waals surface area (Å²) in [6.07, 6.45) is 0. The van der Waals surface area contributed by atoms with E-state index in [1.165, 1.54) is 0 Å². The van der Waals surface area contributed by atoms with Crippen molar-refractivity contribution in [3.63, 3.8) is 0 Å². The second-order valence-corrected chi connectivity index (χ2v) is 1.44. The monoisotopic (exact) mass is 146 g/mol. The zero-order valence-electron chi connectivity index (χ0n) is 5.22. The molecule has 2 nitrogen and oxygen atoms in total. The summed E-state index contributed by atoms with van der Waals surface area (Å²) in [5, 5.41) is 0. The highest BCUT2D eigenvalue weighted by Gasteiger charge is 1.86. The third-order valence-electron chi connectivity index (χ3n) is 0.804. The summed E-state index contributed by atoms with van der Waals surface area (Å²) in [6, 6.07) is 4.31. The van der Waals surface area contributed by atoms with Crippen LogP contribution in [0.5, 0.6) is 0 Å². The Hall–Kier alpha value is -1.00. The number of nitrogens with two attached hydrogens (primary N) is 2. The number of hydrogen-bond acceptors (Lipinski definition) is 2. The smallest absolute Gasteiger partial charge is 0.123 e. The fourth-order valence-corrected chi connectivity index (χ4v) is 0.430. The van der Waals surface area contributed by atoms with Crippen LogP contribution in [0.15, 0.2) is 24.3 Å². The summed E-state index contributed by atoms with van der Waals surface area (Å²) in [4.78, 5) is 0. The average molecular weight is 146 g/mol. The topological polar surface area (TPSA) is 52.0 Å². The van der Waals surface area contributed by atoms with Crippen molar-refractivity contribution in [3.8, 4) is 0 Å². The van der Waals surface area contributed by atoms with E-state index < -0.39 is 11.6 Å². The van der Waals surface area contributed by atoms with Gasteiger partial charge in [-0.2, -0.15) is 0 Å². The molecule has 0 atom stereocenters. The van der Waals surface area contributed by atoms with Gasteiger partial charge in [0.05, 0.1) is 0 Å². The Morgan fingerprint density at radius 3 is 1.20 bits per heavy atom. The van der Waals surface area contributed by atoms with Crippen LogP contribution in [0.3, 0.4) is 0 Å². The van der Waals surface area contributed by atoms with E-state index in [2.05, 4.69) is 11.7 Å². The molecular weight excluding hydrogens is 138 g/mol. The molecule has 0 radical (unpaired) electrons. The number of halogens is 2. The minimum atomic E-state index is -0.411. The maximum absolute atomic E-state index is 11.9. The van der Waals surface area contributed by atoms with Gasteiger partial charge >= 0.3 is 0 Å². The largest absolute Gasteiger partial charge is 0.274 e. The standard InChI is InChI=1S/C6H4F2.H4N2/c7-5-1-2-6(8)4-3-5;1-2/h1-4H;1-2H2. The normalized spacial score (nSPS) is 8.00. The van der Waals surface area contributed by atoms with E-state index in [4.69, 9.17) is 0 Å². The predicted molar refractivity (Wildman–Crippen MR) is 34.7 cm³/mol. The van der Waals surface area contributed by atoms with Gasteiger partial charge in [-0.05, 0) is 24.3 Å². The van der Waals surface area contributed by atoms with Crippen LogP contribution in [-0.4, -0.2) is 0 Å². The van der Waals surface area contributed by atoms with E-state index in [1.54, 1.807) is 0 Å². The molecule has 1 aromatic carbocycles. The third-order valence-corrected chi connectivity index (χ3v) is 0.804. The molecule has 0 amide bonds. The van der Waals surface area contributed by atoms with Crippen molar-refractivity contribution in [2.75, 3.05) is 0 Å². The first-order valence-electron chi connectivity index (χ1n) is 2.53. The highest BCUT2D eigenvalue weighted by molar-refractivity contribution is 5.04. The molecule has 0 aliphatic rings. The molecule has 0 aliphatic heterocycles. The molecule has 0 bridgehead atoms. The lowest BCUT2D eigenvalue weighted by molar-refractivity contribution is 0.600. The van der Waals surface area contributed by atoms with Crippen LogP contribution in [-0.2, 0) is 0 Å². The summed E-state index contributed by atoms with van der Waals surface area (Å²) in [6.45, 7) is 0. The molecule has 0 spiro atoms. The molecule has 56 valence electrons. The highest BCUT2D eigenvalue weighted by Crippen LogP contribution is 1.98. The molecule has 0 unspecified atom stereocenters. The molecule has 0 fully saturated rings. The van der Waals surface area contributed by atoms with Gasteiger partial charge in [0.1, 0.15) is 11.6 Å². The lowest BCUT2D eigenvalue weighted by Gasteiger charge is -1.83. The highest BCUT2D eigenvalue weighted by atomic mass is 19.1. The molecule has 0 aromatic heterocycles. The SMILES string of the molecule is Fc1ccc(F)cc1.NN. The summed E-state index contributed by atoms with van der Waals surface area (Å²) in [5.74, 6) is 7.18. The molecule has 4 heteroatoms. The molecule has 1 aromatic rings. The summed E-state index contributed by atoms with van der Waals surface area (Å²) in [5.41, 5.74) is 0. The van der Waals surface area contributed by atoms with Gasteiger partial charge in [-0.25, -0.2) is 8.78 Å². The van der Waals surface area contributed by atoms with Crippen molar-refractivity contribution in [2.45, 2.75) is 0 Å². The zero-order valence-corrected chi connectivity index (χ0v) is 5.22. The van der Waals surface area contributed by atoms with Crippen LogP contribution in [0.4, 0.5) is 8.78 Å². The fraction of sp³-hybridized carbons (Fsp3) is 0. The Labute approximate surface area is 57.4 Å². The predicted octanol–water partition coefficient (Wildman–Crippen LogP) is 0.784. The number of benzene rings is 1.